The van der Waals surface area contributed by atoms with E-state index in [0.717, 1.165) is 27.9 Å². The average Bonchev–Trinajstić information content (AvgIpc) is 3.38. The van der Waals surface area contributed by atoms with Crippen LogP contribution in [0.1, 0.15) is 35.2 Å². The number of hydrogen-bond donors (Lipinski definition) is 2. The molecule has 38 heavy (non-hydrogen) atoms. The summed E-state index contributed by atoms with van der Waals surface area (Å²) in [6.07, 6.45) is 1.47. The van der Waals surface area contributed by atoms with Gasteiger partial charge in [0, 0.05) is 16.4 Å². The summed E-state index contributed by atoms with van der Waals surface area (Å²) >= 11 is 5.99. The maximum Gasteiger partial charge on any atom is 0.255 e. The second-order valence-electron chi connectivity index (χ2n) is 9.12. The molecule has 4 aromatic rings. The molecule has 0 bridgehead atoms. The number of allylic oxidation sites excluding steroid dienone is 1. The van der Waals surface area contributed by atoms with E-state index in [2.05, 4.69) is 20.7 Å². The van der Waals surface area contributed by atoms with Crippen molar-refractivity contribution in [2.24, 2.45) is 0 Å². The quantitative estimate of drug-likeness (QED) is 0.302. The predicted octanol–water partition coefficient (Wildman–Crippen LogP) is 6.06. The molecule has 1 atom stereocenters. The average molecular weight is 530 g/mol. The van der Waals surface area contributed by atoms with Crippen LogP contribution in [0.15, 0.2) is 78.3 Å². The number of hydrogen-bond acceptors (Lipinski definition) is 6. The molecule has 1 aliphatic rings. The first-order chi connectivity index (χ1) is 18.4. The number of benzene rings is 3. The molecule has 0 radical (unpaired) electrons. The van der Waals surface area contributed by atoms with Gasteiger partial charge in [-0.25, -0.2) is 4.68 Å². The van der Waals surface area contributed by atoms with Gasteiger partial charge in [-0.2, -0.15) is 10.1 Å². The molecule has 194 valence electrons. The van der Waals surface area contributed by atoms with Gasteiger partial charge in [0.15, 0.2) is 11.5 Å². The van der Waals surface area contributed by atoms with Gasteiger partial charge in [0.25, 0.3) is 5.91 Å². The largest absolute Gasteiger partial charge is 0.493 e. The fraction of sp³-hybridized carbons (Fsp3) is 0.207. The van der Waals surface area contributed by atoms with E-state index in [9.17, 15) is 4.79 Å². The number of ether oxygens (including phenoxy) is 2. The Morgan fingerprint density at radius 2 is 1.87 bits per heavy atom. The summed E-state index contributed by atoms with van der Waals surface area (Å²) in [5.41, 5.74) is 5.90. The van der Waals surface area contributed by atoms with E-state index in [-0.39, 0.29) is 5.91 Å². The number of fused-ring (bicyclic) bond motifs is 1. The summed E-state index contributed by atoms with van der Waals surface area (Å²) in [5, 5.41) is 11.4. The zero-order valence-electron chi connectivity index (χ0n) is 21.6. The number of nitrogens with one attached hydrogen (secondary N) is 2. The van der Waals surface area contributed by atoms with Gasteiger partial charge in [0.1, 0.15) is 19.0 Å². The molecule has 8 nitrogen and oxygen atoms in total. The SMILES string of the molecule is COc1cc(C2C(C(=O)Nc3cccc(C)c3C)=C(C)Nc3ncnn32)ccc1OCc1ccc(Cl)cc1. The highest BCUT2D eigenvalue weighted by molar-refractivity contribution is 6.30. The highest BCUT2D eigenvalue weighted by Crippen LogP contribution is 2.39. The Balaban J connectivity index is 1.48. The van der Waals surface area contributed by atoms with Crippen molar-refractivity contribution in [3.05, 3.63) is 106 Å². The lowest BCUT2D eigenvalue weighted by Crippen LogP contribution is -2.31. The Hall–Kier alpha value is -4.30. The zero-order valence-corrected chi connectivity index (χ0v) is 22.3. The summed E-state index contributed by atoms with van der Waals surface area (Å²) in [7, 11) is 1.59. The molecular weight excluding hydrogens is 502 g/mol. The minimum absolute atomic E-state index is 0.225. The molecule has 0 fully saturated rings. The van der Waals surface area contributed by atoms with Crippen LogP contribution in [-0.2, 0) is 11.4 Å². The number of carbonyl (C=O) groups is 1. The third kappa shape index (κ3) is 4.95. The van der Waals surface area contributed by atoms with Gasteiger partial charge in [-0.05, 0) is 73.4 Å². The van der Waals surface area contributed by atoms with Crippen molar-refractivity contribution >= 4 is 29.1 Å². The third-order valence-corrected chi connectivity index (χ3v) is 6.95. The minimum Gasteiger partial charge on any atom is -0.493 e. The lowest BCUT2D eigenvalue weighted by atomic mass is 9.94. The number of nitrogens with zero attached hydrogens (tertiary/aromatic N) is 3. The number of aryl methyl sites for hydroxylation is 1. The predicted molar refractivity (Wildman–Crippen MR) is 148 cm³/mol. The number of rotatable bonds is 7. The van der Waals surface area contributed by atoms with Gasteiger partial charge in [0.05, 0.1) is 12.7 Å². The molecule has 1 amide bonds. The van der Waals surface area contributed by atoms with Crippen molar-refractivity contribution in [3.63, 3.8) is 0 Å². The number of carbonyl (C=O) groups excluding carboxylic acids is 1. The molecule has 1 aromatic heterocycles. The van der Waals surface area contributed by atoms with Gasteiger partial charge in [-0.15, -0.1) is 0 Å². The lowest BCUT2D eigenvalue weighted by Gasteiger charge is -2.29. The van der Waals surface area contributed by atoms with E-state index in [1.165, 1.54) is 6.33 Å². The second-order valence-corrected chi connectivity index (χ2v) is 9.56. The molecule has 5 rings (SSSR count). The van der Waals surface area contributed by atoms with Crippen LogP contribution in [0, 0.1) is 13.8 Å². The molecule has 0 spiro atoms. The van der Waals surface area contributed by atoms with E-state index >= 15 is 0 Å². The smallest absolute Gasteiger partial charge is 0.255 e. The first kappa shape index (κ1) is 25.4. The number of amides is 1. The van der Waals surface area contributed by atoms with Crippen LogP contribution in [0.4, 0.5) is 11.6 Å². The molecule has 9 heteroatoms. The number of anilines is 2. The molecule has 0 aliphatic carbocycles. The first-order valence-corrected chi connectivity index (χ1v) is 12.5. The van der Waals surface area contributed by atoms with Crippen molar-refractivity contribution in [2.75, 3.05) is 17.7 Å². The van der Waals surface area contributed by atoms with Gasteiger partial charge in [-0.1, -0.05) is 41.9 Å². The Labute approximate surface area is 226 Å². The first-order valence-electron chi connectivity index (χ1n) is 12.2. The van der Waals surface area contributed by atoms with Gasteiger partial charge in [-0.3, -0.25) is 4.79 Å². The van der Waals surface area contributed by atoms with E-state index in [1.54, 1.807) is 11.8 Å². The summed E-state index contributed by atoms with van der Waals surface area (Å²) in [6, 6.07) is 18.4. The van der Waals surface area contributed by atoms with Gasteiger partial charge in [0.2, 0.25) is 5.95 Å². The molecule has 3 aromatic carbocycles. The lowest BCUT2D eigenvalue weighted by molar-refractivity contribution is -0.113. The van der Waals surface area contributed by atoms with Gasteiger partial charge >= 0.3 is 0 Å². The Morgan fingerprint density at radius 3 is 2.63 bits per heavy atom. The van der Waals surface area contributed by atoms with Crippen molar-refractivity contribution < 1.29 is 14.3 Å². The van der Waals surface area contributed by atoms with Crippen molar-refractivity contribution in [3.8, 4) is 11.5 Å². The summed E-state index contributed by atoms with van der Waals surface area (Å²) in [5.74, 6) is 1.46. The normalized spacial score (nSPS) is 14.5. The molecular formula is C29H28ClN5O3. The number of methoxy groups -OCH3 is 1. The molecule has 0 saturated heterocycles. The Bertz CT molecular complexity index is 1530. The molecule has 0 saturated carbocycles. The maximum absolute atomic E-state index is 13.7. The third-order valence-electron chi connectivity index (χ3n) is 6.70. The molecule has 2 N–H and O–H groups in total. The molecule has 1 aliphatic heterocycles. The van der Waals surface area contributed by atoms with Crippen molar-refractivity contribution in [2.45, 2.75) is 33.4 Å². The molecule has 1 unspecified atom stereocenters. The van der Waals surface area contributed by atoms with Crippen LogP contribution in [0.25, 0.3) is 0 Å². The number of aromatic nitrogens is 3. The number of halogens is 1. The topological polar surface area (TPSA) is 90.3 Å². The zero-order chi connectivity index (χ0) is 26.8. The summed E-state index contributed by atoms with van der Waals surface area (Å²) < 4.78 is 13.4. The van der Waals surface area contributed by atoms with Crippen LogP contribution < -0.4 is 20.1 Å². The molecule has 2 heterocycles. The summed E-state index contributed by atoms with van der Waals surface area (Å²) in [6.45, 7) is 6.23. The highest BCUT2D eigenvalue weighted by Gasteiger charge is 2.34. The van der Waals surface area contributed by atoms with E-state index in [0.29, 0.717) is 40.3 Å². The van der Waals surface area contributed by atoms with Crippen LogP contribution in [-0.4, -0.2) is 27.8 Å². The minimum atomic E-state index is -0.530. The van der Waals surface area contributed by atoms with E-state index < -0.39 is 6.04 Å². The Morgan fingerprint density at radius 1 is 1.08 bits per heavy atom. The Kier molecular flexibility index (Phi) is 7.07. The fourth-order valence-electron chi connectivity index (χ4n) is 4.48. The second kappa shape index (κ2) is 10.6. The maximum atomic E-state index is 13.7. The van der Waals surface area contributed by atoms with Crippen molar-refractivity contribution in [1.29, 1.82) is 0 Å². The van der Waals surface area contributed by atoms with Crippen LogP contribution in [0.3, 0.4) is 0 Å². The van der Waals surface area contributed by atoms with E-state index in [4.69, 9.17) is 21.1 Å². The fourth-order valence-corrected chi connectivity index (χ4v) is 4.61. The summed E-state index contributed by atoms with van der Waals surface area (Å²) in [4.78, 5) is 18.1. The van der Waals surface area contributed by atoms with Crippen LogP contribution in [0.5, 0.6) is 11.5 Å². The van der Waals surface area contributed by atoms with Crippen molar-refractivity contribution in [1.82, 2.24) is 14.8 Å². The highest BCUT2D eigenvalue weighted by atomic mass is 35.5. The van der Waals surface area contributed by atoms with E-state index in [1.807, 2.05) is 81.4 Å². The monoisotopic (exact) mass is 529 g/mol. The standard InChI is InChI=1S/C29H28ClN5O3/c1-17-6-5-7-23(18(17)2)34-28(36)26-19(3)33-29-31-16-32-35(29)27(26)21-10-13-24(25(14-21)37-4)38-15-20-8-11-22(30)12-9-20/h5-14,16,27H,15H2,1-4H3,(H,34,36)(H,31,32,33). The van der Waals surface area contributed by atoms with Crippen LogP contribution in [0.2, 0.25) is 5.02 Å². The van der Waals surface area contributed by atoms with Gasteiger partial charge < -0.3 is 20.1 Å². The van der Waals surface area contributed by atoms with Crippen LogP contribution >= 0.6 is 11.6 Å².